The minimum atomic E-state index is -4.52. The zero-order valence-electron chi connectivity index (χ0n) is 12.2. The predicted molar refractivity (Wildman–Crippen MR) is 85.7 cm³/mol. The number of halogens is 5. The summed E-state index contributed by atoms with van der Waals surface area (Å²) >= 11 is 11.8. The minimum absolute atomic E-state index is 0.219. The second-order valence-electron chi connectivity index (χ2n) is 4.87. The van der Waals surface area contributed by atoms with Gasteiger partial charge in [-0.2, -0.15) is 13.2 Å². The topological polar surface area (TPSA) is 33.5 Å². The molecule has 1 aromatic carbocycles. The van der Waals surface area contributed by atoms with Gasteiger partial charge in [-0.25, -0.2) is 0 Å². The summed E-state index contributed by atoms with van der Waals surface area (Å²) in [5, 5.41) is 0.505. The number of carbonyl (C=O) groups excluding carboxylic acids is 1. The third kappa shape index (κ3) is 5.32. The predicted octanol–water partition coefficient (Wildman–Crippen LogP) is 5.19. The molecule has 0 N–H and O–H groups in total. The van der Waals surface area contributed by atoms with E-state index in [1.165, 1.54) is 24.5 Å². The van der Waals surface area contributed by atoms with Gasteiger partial charge in [0, 0.05) is 6.08 Å². The van der Waals surface area contributed by atoms with Gasteiger partial charge in [0.2, 0.25) is 5.91 Å². The van der Waals surface area contributed by atoms with Crippen LogP contribution in [0.4, 0.5) is 13.2 Å². The SMILES string of the molecule is O=C(/C=C/c1cccc(Cl)c1Cl)N(Cc1ccco1)CC(F)(F)F. The highest BCUT2D eigenvalue weighted by atomic mass is 35.5. The molecule has 0 atom stereocenters. The van der Waals surface area contributed by atoms with Gasteiger partial charge in [0.25, 0.3) is 0 Å². The number of nitrogens with zero attached hydrogens (tertiary/aromatic N) is 1. The molecule has 0 unspecified atom stereocenters. The number of benzene rings is 1. The van der Waals surface area contributed by atoms with E-state index in [9.17, 15) is 18.0 Å². The van der Waals surface area contributed by atoms with Crippen LogP contribution in [0.5, 0.6) is 0 Å². The fourth-order valence-electron chi connectivity index (χ4n) is 1.93. The highest BCUT2D eigenvalue weighted by molar-refractivity contribution is 6.42. The van der Waals surface area contributed by atoms with Crippen molar-refractivity contribution in [1.82, 2.24) is 4.90 Å². The summed E-state index contributed by atoms with van der Waals surface area (Å²) in [5.74, 6) is -0.568. The smallest absolute Gasteiger partial charge is 0.406 e. The Morgan fingerprint density at radius 3 is 2.58 bits per heavy atom. The zero-order chi connectivity index (χ0) is 17.7. The van der Waals surface area contributed by atoms with E-state index in [2.05, 4.69) is 0 Å². The molecule has 0 bridgehead atoms. The molecule has 0 aliphatic rings. The van der Waals surface area contributed by atoms with Crippen LogP contribution in [-0.2, 0) is 11.3 Å². The van der Waals surface area contributed by atoms with E-state index in [0.29, 0.717) is 10.5 Å². The molecule has 1 amide bonds. The maximum absolute atomic E-state index is 12.7. The Morgan fingerprint density at radius 1 is 1.21 bits per heavy atom. The molecule has 0 saturated heterocycles. The van der Waals surface area contributed by atoms with Gasteiger partial charge in [0.1, 0.15) is 12.3 Å². The Labute approximate surface area is 146 Å². The molecule has 24 heavy (non-hydrogen) atoms. The molecule has 1 heterocycles. The van der Waals surface area contributed by atoms with Gasteiger partial charge in [0.15, 0.2) is 0 Å². The summed E-state index contributed by atoms with van der Waals surface area (Å²) in [6.45, 7) is -1.68. The van der Waals surface area contributed by atoms with Crippen LogP contribution in [0, 0.1) is 0 Å². The van der Waals surface area contributed by atoms with Gasteiger partial charge in [-0.15, -0.1) is 0 Å². The Morgan fingerprint density at radius 2 is 1.96 bits per heavy atom. The van der Waals surface area contributed by atoms with E-state index in [0.717, 1.165) is 6.08 Å². The number of rotatable bonds is 5. The molecule has 2 rings (SSSR count). The summed E-state index contributed by atoms with van der Waals surface area (Å²) in [6.07, 6.45) is -0.856. The van der Waals surface area contributed by atoms with E-state index in [-0.39, 0.29) is 22.4 Å². The van der Waals surface area contributed by atoms with Gasteiger partial charge in [-0.05, 0) is 29.8 Å². The lowest BCUT2D eigenvalue weighted by Gasteiger charge is -2.21. The normalized spacial score (nSPS) is 11.9. The molecule has 0 spiro atoms. The summed E-state index contributed by atoms with van der Waals surface area (Å²) in [4.78, 5) is 12.8. The van der Waals surface area contributed by atoms with E-state index in [1.54, 1.807) is 18.2 Å². The van der Waals surface area contributed by atoms with Crippen LogP contribution in [-0.4, -0.2) is 23.5 Å². The molecule has 0 saturated carbocycles. The Kier molecular flexibility index (Phi) is 5.96. The molecular formula is C16H12Cl2F3NO2. The maximum Gasteiger partial charge on any atom is 0.406 e. The van der Waals surface area contributed by atoms with Crippen LogP contribution in [0.15, 0.2) is 47.1 Å². The van der Waals surface area contributed by atoms with Crippen LogP contribution in [0.2, 0.25) is 10.0 Å². The van der Waals surface area contributed by atoms with Crippen LogP contribution in [0.25, 0.3) is 6.08 Å². The fourth-order valence-corrected chi connectivity index (χ4v) is 2.31. The van der Waals surface area contributed by atoms with Gasteiger partial charge in [-0.3, -0.25) is 4.79 Å². The average molecular weight is 378 g/mol. The van der Waals surface area contributed by atoms with Crippen LogP contribution < -0.4 is 0 Å². The molecular weight excluding hydrogens is 366 g/mol. The van der Waals surface area contributed by atoms with Crippen molar-refractivity contribution in [3.8, 4) is 0 Å². The molecule has 0 fully saturated rings. The third-order valence-electron chi connectivity index (χ3n) is 3.00. The van der Waals surface area contributed by atoms with E-state index in [1.807, 2.05) is 0 Å². The molecule has 0 aliphatic carbocycles. The molecule has 2 aromatic rings. The molecule has 128 valence electrons. The number of furan rings is 1. The summed E-state index contributed by atoms with van der Waals surface area (Å²) in [7, 11) is 0. The van der Waals surface area contributed by atoms with Crippen LogP contribution in [0.1, 0.15) is 11.3 Å². The maximum atomic E-state index is 12.7. The quantitative estimate of drug-likeness (QED) is 0.671. The molecule has 0 radical (unpaired) electrons. The van der Waals surface area contributed by atoms with Gasteiger partial charge < -0.3 is 9.32 Å². The monoisotopic (exact) mass is 377 g/mol. The van der Waals surface area contributed by atoms with Gasteiger partial charge in [0.05, 0.1) is 22.9 Å². The Balaban J connectivity index is 2.17. The van der Waals surface area contributed by atoms with Crippen molar-refractivity contribution in [1.29, 1.82) is 0 Å². The average Bonchev–Trinajstić information content (AvgIpc) is 2.99. The Hall–Kier alpha value is -1.92. The first-order valence-electron chi connectivity index (χ1n) is 6.76. The fraction of sp³-hybridized carbons (Fsp3) is 0.188. The summed E-state index contributed by atoms with van der Waals surface area (Å²) in [6, 6.07) is 7.81. The zero-order valence-corrected chi connectivity index (χ0v) is 13.7. The molecule has 3 nitrogen and oxygen atoms in total. The van der Waals surface area contributed by atoms with E-state index in [4.69, 9.17) is 27.6 Å². The summed E-state index contributed by atoms with van der Waals surface area (Å²) in [5.41, 5.74) is 0.433. The van der Waals surface area contributed by atoms with Crippen molar-refractivity contribution in [2.24, 2.45) is 0 Å². The lowest BCUT2D eigenvalue weighted by atomic mass is 10.2. The lowest BCUT2D eigenvalue weighted by Crippen LogP contribution is -2.37. The first-order chi connectivity index (χ1) is 11.3. The van der Waals surface area contributed by atoms with Gasteiger partial charge >= 0.3 is 6.18 Å². The minimum Gasteiger partial charge on any atom is -0.467 e. The first kappa shape index (κ1) is 18.4. The number of hydrogen-bond donors (Lipinski definition) is 0. The second kappa shape index (κ2) is 7.77. The number of alkyl halides is 3. The number of hydrogen-bond acceptors (Lipinski definition) is 2. The van der Waals surface area contributed by atoms with Crippen molar-refractivity contribution in [2.75, 3.05) is 6.54 Å². The van der Waals surface area contributed by atoms with Crippen molar-refractivity contribution in [3.05, 3.63) is 64.0 Å². The highest BCUT2D eigenvalue weighted by Gasteiger charge is 2.32. The van der Waals surface area contributed by atoms with Crippen molar-refractivity contribution in [2.45, 2.75) is 12.7 Å². The number of amides is 1. The first-order valence-corrected chi connectivity index (χ1v) is 7.52. The summed E-state index contributed by atoms with van der Waals surface area (Å²) < 4.78 is 43.1. The number of carbonyl (C=O) groups is 1. The molecule has 1 aromatic heterocycles. The van der Waals surface area contributed by atoms with Gasteiger partial charge in [-0.1, -0.05) is 35.3 Å². The van der Waals surface area contributed by atoms with Crippen LogP contribution in [0.3, 0.4) is 0 Å². The lowest BCUT2D eigenvalue weighted by molar-refractivity contribution is -0.159. The van der Waals surface area contributed by atoms with Crippen molar-refractivity contribution >= 4 is 35.2 Å². The second-order valence-corrected chi connectivity index (χ2v) is 5.65. The van der Waals surface area contributed by atoms with Crippen molar-refractivity contribution < 1.29 is 22.4 Å². The largest absolute Gasteiger partial charge is 0.467 e. The molecule has 0 aliphatic heterocycles. The third-order valence-corrected chi connectivity index (χ3v) is 3.83. The standard InChI is InChI=1S/C16H12Cl2F3NO2/c17-13-5-1-3-11(15(13)18)6-7-14(23)22(10-16(19,20)21)9-12-4-2-8-24-12/h1-8H,9-10H2/b7-6+. The Bertz CT molecular complexity index is 727. The van der Waals surface area contributed by atoms with Crippen LogP contribution >= 0.6 is 23.2 Å². The van der Waals surface area contributed by atoms with Crippen molar-refractivity contribution in [3.63, 3.8) is 0 Å². The van der Waals surface area contributed by atoms with E-state index < -0.39 is 18.6 Å². The molecule has 8 heteroatoms. The van der Waals surface area contributed by atoms with E-state index >= 15 is 0 Å². The highest BCUT2D eigenvalue weighted by Crippen LogP contribution is 2.26.